The fraction of sp³-hybridized carbons (Fsp3) is 0.364. The van der Waals surface area contributed by atoms with E-state index < -0.39 is 7.25 Å². The van der Waals surface area contributed by atoms with Gasteiger partial charge in [0.1, 0.15) is 5.56 Å². The van der Waals surface area contributed by atoms with Gasteiger partial charge in [0.25, 0.3) is 0 Å². The smallest absolute Gasteiger partial charge is 0.418 e. The fourth-order valence-electron chi connectivity index (χ4n) is 1.04. The van der Waals surface area contributed by atoms with Crippen LogP contribution in [-0.4, -0.2) is 26.4 Å². The van der Waals surface area contributed by atoms with Crippen LogP contribution in [0.1, 0.15) is 23.8 Å². The lowest BCUT2D eigenvalue weighted by atomic mass is 10.2. The van der Waals surface area contributed by atoms with Gasteiger partial charge in [-0.2, -0.15) is 0 Å². The third-order valence-electron chi connectivity index (χ3n) is 1.56. The Bertz CT molecular complexity index is 346. The summed E-state index contributed by atoms with van der Waals surface area (Å²) in [5.41, 5.74) is 0.992. The largest absolute Gasteiger partial charge is 0.673 e. The van der Waals surface area contributed by atoms with E-state index in [4.69, 9.17) is 9.16 Å². The van der Waals surface area contributed by atoms with Crippen molar-refractivity contribution in [2.45, 2.75) is 13.8 Å². The zero-order valence-corrected chi connectivity index (χ0v) is 10.2. The number of hydrogen-bond donors (Lipinski definition) is 0. The Hall–Kier alpha value is -1.53. The van der Waals surface area contributed by atoms with Crippen LogP contribution in [0.2, 0.25) is 0 Å². The minimum absolute atomic E-state index is 0.616. The van der Waals surface area contributed by atoms with Gasteiger partial charge in [-0.3, -0.25) is 0 Å². The highest BCUT2D eigenvalue weighted by Gasteiger charge is 2.20. The average Bonchev–Trinajstić information content (AvgIpc) is 2.28. The van der Waals surface area contributed by atoms with E-state index in [1.807, 2.05) is 44.2 Å². The Morgan fingerprint density at radius 1 is 1.11 bits per heavy atom. The van der Waals surface area contributed by atoms with Gasteiger partial charge >= 0.3 is 13.2 Å². The van der Waals surface area contributed by atoms with Crippen LogP contribution in [0, 0.1) is 0 Å². The van der Waals surface area contributed by atoms with Gasteiger partial charge in [0, 0.05) is 0 Å². The maximum atomic E-state index is 9.75. The first-order chi connectivity index (χ1) is 8.38. The molecule has 0 bridgehead atoms. The highest BCUT2D eigenvalue weighted by Crippen LogP contribution is 2.06. The van der Waals surface area contributed by atoms with E-state index in [1.165, 1.54) is 0 Å². The van der Waals surface area contributed by atoms with Crippen molar-refractivity contribution in [3.05, 3.63) is 35.9 Å². The number of rotatable bonds is 3. The second kappa shape index (κ2) is 8.55. The van der Waals surface area contributed by atoms with Crippen molar-refractivity contribution < 1.29 is 26.4 Å². The summed E-state index contributed by atoms with van der Waals surface area (Å²) < 4.78 is 49.7. The molecule has 0 atom stereocenters. The Labute approximate surface area is 103 Å². The lowest BCUT2D eigenvalue weighted by molar-refractivity contribution is -0.278. The zero-order chi connectivity index (χ0) is 14.0. The molecular weight excluding hydrogens is 251 g/mol. The first-order valence-electron chi connectivity index (χ1n) is 5.43. The van der Waals surface area contributed by atoms with Crippen molar-refractivity contribution in [1.82, 2.24) is 0 Å². The summed E-state index contributed by atoms with van der Waals surface area (Å²) in [4.78, 5) is 0. The lowest BCUT2D eigenvalue weighted by Gasteiger charge is -1.94. The molecule has 1 aromatic rings. The molecule has 0 radical (unpaired) electrons. The molecule has 7 heteroatoms. The highest BCUT2D eigenvalue weighted by molar-refractivity contribution is 6.50. The summed E-state index contributed by atoms with van der Waals surface area (Å²) in [6, 6.07) is 9.85. The second-order valence-corrected chi connectivity index (χ2v) is 3.01. The Kier molecular flexibility index (Phi) is 7.82. The number of ether oxygens (including phenoxy) is 1. The highest BCUT2D eigenvalue weighted by atomic mass is 19.5. The molecule has 0 aliphatic rings. The van der Waals surface area contributed by atoms with Crippen LogP contribution < -0.4 is 0 Å². The molecule has 0 saturated heterocycles. The van der Waals surface area contributed by atoms with Crippen LogP contribution >= 0.6 is 0 Å². The van der Waals surface area contributed by atoms with E-state index in [1.54, 1.807) is 0 Å². The van der Waals surface area contributed by atoms with Crippen LogP contribution in [0.4, 0.5) is 17.3 Å². The monoisotopic (exact) mass is 266 g/mol. The molecule has 0 amide bonds. The van der Waals surface area contributed by atoms with Gasteiger partial charge in [-0.15, -0.1) is 0 Å². The number of carbonyl (C=O) groups excluding carboxylic acids is 1. The molecule has 0 spiro atoms. The molecule has 0 aliphatic heterocycles. The molecule has 0 aliphatic carbocycles. The van der Waals surface area contributed by atoms with Gasteiger partial charge in [0.15, 0.2) is 13.2 Å². The normalized spacial score (nSPS) is 11.6. The Balaban J connectivity index is 0.000000494. The van der Waals surface area contributed by atoms with Crippen molar-refractivity contribution in [1.29, 1.82) is 0 Å². The third kappa shape index (κ3) is 9.68. The molecule has 102 valence electrons. The first kappa shape index (κ1) is 16.5. The summed E-state index contributed by atoms with van der Waals surface area (Å²) in [6.45, 7) is 5.15. The molecule has 0 fully saturated rings. The lowest BCUT2D eigenvalue weighted by Crippen LogP contribution is -2.07. The molecule has 0 N–H and O–H groups in total. The van der Waals surface area contributed by atoms with E-state index in [9.17, 15) is 17.3 Å². The molecule has 0 unspecified atom stereocenters. The number of esters is 1. The first-order valence-corrected chi connectivity index (χ1v) is 5.43. The summed E-state index contributed by atoms with van der Waals surface area (Å²) in [6.07, 6.45) is 0. The molecule has 0 aromatic heterocycles. The molecular formula is C11H15BF4O2. The summed E-state index contributed by atoms with van der Waals surface area (Å²) in [7, 11) is -6.00. The molecule has 18 heavy (non-hydrogen) atoms. The average molecular weight is 266 g/mol. The summed E-state index contributed by atoms with van der Waals surface area (Å²) >= 11 is 0. The quantitative estimate of drug-likeness (QED) is 0.353. The topological polar surface area (TPSA) is 20.5 Å². The van der Waals surface area contributed by atoms with Crippen LogP contribution in [-0.2, 0) is 4.74 Å². The zero-order valence-electron chi connectivity index (χ0n) is 10.2. The van der Waals surface area contributed by atoms with Gasteiger partial charge in [-0.1, -0.05) is 18.2 Å². The van der Waals surface area contributed by atoms with E-state index in [0.717, 1.165) is 5.56 Å². The van der Waals surface area contributed by atoms with Crippen LogP contribution in [0.25, 0.3) is 0 Å². The summed E-state index contributed by atoms with van der Waals surface area (Å²) in [5, 5.41) is 0. The standard InChI is InChI=1S/C11H15O2.BF4/c1-3-12-11(13-4-2)10-8-6-5-7-9-10;2-1(3,4)5/h5-9H,3-4H2,1-2H3;/q+1;-1. The predicted octanol–water partition coefficient (Wildman–Crippen LogP) is 3.72. The second-order valence-electron chi connectivity index (χ2n) is 3.01. The number of hydrogen-bond acceptors (Lipinski definition) is 1. The summed E-state index contributed by atoms with van der Waals surface area (Å²) in [5.74, 6) is 0.616. The van der Waals surface area contributed by atoms with Crippen LogP contribution in [0.3, 0.4) is 0 Å². The van der Waals surface area contributed by atoms with Crippen LogP contribution in [0.5, 0.6) is 0 Å². The fourth-order valence-corrected chi connectivity index (χ4v) is 1.04. The SMILES string of the molecule is CCOC(=[O+]CC)c1ccccc1.F[B-](F)(F)F. The molecule has 2 nitrogen and oxygen atoms in total. The van der Waals surface area contributed by atoms with E-state index >= 15 is 0 Å². The minimum Gasteiger partial charge on any atom is -0.418 e. The van der Waals surface area contributed by atoms with E-state index in [2.05, 4.69) is 0 Å². The van der Waals surface area contributed by atoms with E-state index in [-0.39, 0.29) is 0 Å². The maximum absolute atomic E-state index is 9.75. The molecule has 1 aromatic carbocycles. The van der Waals surface area contributed by atoms with Gasteiger partial charge < -0.3 is 26.4 Å². The predicted molar refractivity (Wildman–Crippen MR) is 63.1 cm³/mol. The molecule has 0 heterocycles. The van der Waals surface area contributed by atoms with Crippen molar-refractivity contribution in [2.75, 3.05) is 13.2 Å². The number of halogens is 4. The van der Waals surface area contributed by atoms with Crippen LogP contribution in [0.15, 0.2) is 30.3 Å². The Morgan fingerprint density at radius 2 is 1.61 bits per heavy atom. The van der Waals surface area contributed by atoms with Crippen molar-refractivity contribution in [3.8, 4) is 0 Å². The van der Waals surface area contributed by atoms with Gasteiger partial charge in [-0.05, 0) is 26.0 Å². The van der Waals surface area contributed by atoms with Crippen molar-refractivity contribution >= 4 is 13.2 Å². The maximum Gasteiger partial charge on any atom is 0.673 e. The molecule has 0 saturated carbocycles. The van der Waals surface area contributed by atoms with Gasteiger partial charge in [0.05, 0.1) is 0 Å². The number of benzene rings is 1. The van der Waals surface area contributed by atoms with E-state index in [0.29, 0.717) is 19.2 Å². The van der Waals surface area contributed by atoms with Gasteiger partial charge in [-0.25, -0.2) is 0 Å². The minimum atomic E-state index is -6.00. The Morgan fingerprint density at radius 3 is 2.00 bits per heavy atom. The molecule has 1 rings (SSSR count). The van der Waals surface area contributed by atoms with Crippen molar-refractivity contribution in [3.63, 3.8) is 0 Å². The van der Waals surface area contributed by atoms with Gasteiger partial charge in [0.2, 0.25) is 0 Å². The van der Waals surface area contributed by atoms with Crippen molar-refractivity contribution in [2.24, 2.45) is 0 Å². The third-order valence-corrected chi connectivity index (χ3v) is 1.56.